The minimum Gasteiger partial charge on any atom is -0.324 e. The highest BCUT2D eigenvalue weighted by Gasteiger charge is 2.12. The van der Waals surface area contributed by atoms with Crippen molar-refractivity contribution < 1.29 is 8.78 Å². The Morgan fingerprint density at radius 1 is 1.14 bits per heavy atom. The highest BCUT2D eigenvalue weighted by molar-refractivity contribution is 6.33. The summed E-state index contributed by atoms with van der Waals surface area (Å²) in [6.07, 6.45) is 2.51. The molecule has 0 saturated carbocycles. The molecule has 0 radical (unpaired) electrons. The summed E-state index contributed by atoms with van der Waals surface area (Å²) in [6, 6.07) is 7.25. The third-order valence-corrected chi connectivity index (χ3v) is 4.80. The zero-order valence-corrected chi connectivity index (χ0v) is 15.9. The monoisotopic (exact) mass is 382 g/mol. The molecule has 8 heteroatoms. The molecule has 5 nitrogen and oxygen atoms in total. The molecular weight excluding hydrogens is 361 g/mol. The quantitative estimate of drug-likeness (QED) is 0.640. The predicted molar refractivity (Wildman–Crippen MR) is 106 cm³/mol. The fourth-order valence-corrected chi connectivity index (χ4v) is 3.18. The maximum atomic E-state index is 13.9. The van der Waals surface area contributed by atoms with Crippen LogP contribution in [-0.2, 0) is 25.9 Å². The molecule has 2 aromatic heterocycles. The number of halogens is 2. The summed E-state index contributed by atoms with van der Waals surface area (Å²) in [5.74, 6) is -0.640. The van der Waals surface area contributed by atoms with E-state index in [4.69, 9.17) is 5.73 Å². The van der Waals surface area contributed by atoms with Gasteiger partial charge in [0.25, 0.3) is 0 Å². The number of nitrogens with two attached hydrogens (primary N) is 1. The van der Waals surface area contributed by atoms with Gasteiger partial charge < -0.3 is 10.3 Å². The van der Waals surface area contributed by atoms with Gasteiger partial charge in [-0.15, -0.1) is 0 Å². The molecule has 1 aromatic carbocycles. The van der Waals surface area contributed by atoms with E-state index >= 15 is 0 Å². The second-order valence-electron chi connectivity index (χ2n) is 6.73. The molecule has 0 aliphatic rings. The van der Waals surface area contributed by atoms with Gasteiger partial charge in [-0.05, 0) is 54.6 Å². The van der Waals surface area contributed by atoms with Crippen LogP contribution >= 0.6 is 0 Å². The maximum absolute atomic E-state index is 13.9. The van der Waals surface area contributed by atoms with Crippen molar-refractivity contribution in [2.75, 3.05) is 0 Å². The summed E-state index contributed by atoms with van der Waals surface area (Å²) in [5, 5.41) is 0. The van der Waals surface area contributed by atoms with Crippen molar-refractivity contribution >= 4 is 13.3 Å². The van der Waals surface area contributed by atoms with Crippen molar-refractivity contribution in [3.8, 4) is 0 Å². The summed E-state index contributed by atoms with van der Waals surface area (Å²) in [5.41, 5.74) is 8.86. The average Bonchev–Trinajstić information content (AvgIpc) is 2.68. The van der Waals surface area contributed by atoms with Crippen molar-refractivity contribution in [3.05, 3.63) is 86.9 Å². The Labute approximate surface area is 162 Å². The number of hydrogen-bond donors (Lipinski definition) is 1. The first kappa shape index (κ1) is 19.9. The number of aromatic nitrogens is 3. The van der Waals surface area contributed by atoms with Crippen LogP contribution in [0.25, 0.3) is 0 Å². The SMILES string of the molecule is Bc1c(CCc2ccc(F)cc2F)cc(C)n(Cc2ccnc(CN)n2)c1=O. The van der Waals surface area contributed by atoms with Gasteiger partial charge in [0.1, 0.15) is 25.3 Å². The summed E-state index contributed by atoms with van der Waals surface area (Å²) in [6.45, 7) is 2.42. The molecule has 3 rings (SSSR count). The molecule has 0 atom stereocenters. The maximum Gasteiger partial charge on any atom is 0.244 e. The third kappa shape index (κ3) is 4.34. The molecular formula is C20H21BF2N4O. The summed E-state index contributed by atoms with van der Waals surface area (Å²) in [4.78, 5) is 21.3. The highest BCUT2D eigenvalue weighted by atomic mass is 19.1. The summed E-state index contributed by atoms with van der Waals surface area (Å²) < 4.78 is 28.6. The van der Waals surface area contributed by atoms with E-state index in [-0.39, 0.29) is 12.1 Å². The van der Waals surface area contributed by atoms with E-state index in [0.29, 0.717) is 41.9 Å². The van der Waals surface area contributed by atoms with Gasteiger partial charge in [-0.1, -0.05) is 6.07 Å². The van der Waals surface area contributed by atoms with E-state index in [0.717, 1.165) is 17.3 Å². The Hall–Kier alpha value is -2.87. The van der Waals surface area contributed by atoms with Gasteiger partial charge in [0.2, 0.25) is 5.56 Å². The van der Waals surface area contributed by atoms with Crippen molar-refractivity contribution in [2.24, 2.45) is 5.73 Å². The molecule has 0 fully saturated rings. The molecule has 2 N–H and O–H groups in total. The Kier molecular flexibility index (Phi) is 5.99. The third-order valence-electron chi connectivity index (χ3n) is 4.80. The molecule has 0 spiro atoms. The number of hydrogen-bond acceptors (Lipinski definition) is 4. The first-order chi connectivity index (χ1) is 13.4. The van der Waals surface area contributed by atoms with Crippen LogP contribution in [0.4, 0.5) is 8.78 Å². The lowest BCUT2D eigenvalue weighted by Gasteiger charge is -2.15. The van der Waals surface area contributed by atoms with Crippen molar-refractivity contribution in [2.45, 2.75) is 32.9 Å². The topological polar surface area (TPSA) is 73.8 Å². The number of pyridine rings is 1. The van der Waals surface area contributed by atoms with Gasteiger partial charge in [-0.3, -0.25) is 4.79 Å². The van der Waals surface area contributed by atoms with Gasteiger partial charge in [0.15, 0.2) is 0 Å². The Morgan fingerprint density at radius 2 is 1.89 bits per heavy atom. The molecule has 0 aliphatic heterocycles. The first-order valence-corrected chi connectivity index (χ1v) is 9.03. The number of benzene rings is 1. The van der Waals surface area contributed by atoms with E-state index in [1.807, 2.05) is 13.0 Å². The lowest BCUT2D eigenvalue weighted by Crippen LogP contribution is -2.38. The van der Waals surface area contributed by atoms with Crippen molar-refractivity contribution in [1.82, 2.24) is 14.5 Å². The van der Waals surface area contributed by atoms with E-state index in [1.165, 1.54) is 12.1 Å². The standard InChI is InChI=1S/C20H21BF2N4O/c1-12-8-14(3-2-13-4-5-15(22)9-17(13)23)19(21)20(28)27(12)11-16-6-7-25-18(10-24)26-16/h4-9H,2-3,10-11,21,24H2,1H3. The van der Waals surface area contributed by atoms with Crippen LogP contribution in [0.3, 0.4) is 0 Å². The molecule has 0 aliphatic carbocycles. The lowest BCUT2D eigenvalue weighted by atomic mass is 9.88. The van der Waals surface area contributed by atoms with E-state index in [2.05, 4.69) is 9.97 Å². The fraction of sp³-hybridized carbons (Fsp3) is 0.250. The molecule has 0 bridgehead atoms. The smallest absolute Gasteiger partial charge is 0.244 e. The zero-order valence-electron chi connectivity index (χ0n) is 15.9. The molecule has 2 heterocycles. The second kappa shape index (κ2) is 8.43. The van der Waals surface area contributed by atoms with Crippen LogP contribution < -0.4 is 16.8 Å². The van der Waals surface area contributed by atoms with Crippen molar-refractivity contribution in [3.63, 3.8) is 0 Å². The van der Waals surface area contributed by atoms with Crippen LogP contribution in [-0.4, -0.2) is 22.4 Å². The van der Waals surface area contributed by atoms with Gasteiger partial charge in [-0.2, -0.15) is 0 Å². The number of rotatable bonds is 6. The largest absolute Gasteiger partial charge is 0.324 e. The normalized spacial score (nSPS) is 11.0. The average molecular weight is 382 g/mol. The Morgan fingerprint density at radius 3 is 2.61 bits per heavy atom. The molecule has 144 valence electrons. The van der Waals surface area contributed by atoms with Gasteiger partial charge >= 0.3 is 0 Å². The van der Waals surface area contributed by atoms with E-state index in [9.17, 15) is 13.6 Å². The highest BCUT2D eigenvalue weighted by Crippen LogP contribution is 2.13. The molecule has 0 unspecified atom stereocenters. The molecule has 0 saturated heterocycles. The van der Waals surface area contributed by atoms with Crippen LogP contribution in [0.5, 0.6) is 0 Å². The van der Waals surface area contributed by atoms with E-state index in [1.54, 1.807) is 24.7 Å². The van der Waals surface area contributed by atoms with Gasteiger partial charge in [0, 0.05) is 18.0 Å². The second-order valence-corrected chi connectivity index (χ2v) is 6.73. The minimum atomic E-state index is -0.599. The summed E-state index contributed by atoms with van der Waals surface area (Å²) in [7, 11) is 1.76. The lowest BCUT2D eigenvalue weighted by molar-refractivity contribution is 0.571. The van der Waals surface area contributed by atoms with Crippen LogP contribution in [0.1, 0.15) is 28.3 Å². The van der Waals surface area contributed by atoms with Crippen molar-refractivity contribution in [1.29, 1.82) is 0 Å². The zero-order chi connectivity index (χ0) is 20.3. The Bertz CT molecular complexity index is 1070. The summed E-state index contributed by atoms with van der Waals surface area (Å²) >= 11 is 0. The minimum absolute atomic E-state index is 0.109. The van der Waals surface area contributed by atoms with Crippen LogP contribution in [0.2, 0.25) is 0 Å². The van der Waals surface area contributed by atoms with Gasteiger partial charge in [0.05, 0.1) is 18.8 Å². The van der Waals surface area contributed by atoms with E-state index < -0.39 is 11.6 Å². The fourth-order valence-electron chi connectivity index (χ4n) is 3.18. The van der Waals surface area contributed by atoms with Gasteiger partial charge in [-0.25, -0.2) is 18.7 Å². The first-order valence-electron chi connectivity index (χ1n) is 9.03. The number of aryl methyl sites for hydroxylation is 3. The Balaban J connectivity index is 1.84. The predicted octanol–water partition coefficient (Wildman–Crippen LogP) is 0.776. The molecule has 0 amide bonds. The number of nitrogens with zero attached hydrogens (tertiary/aromatic N) is 3. The molecule has 3 aromatic rings. The molecule has 28 heavy (non-hydrogen) atoms. The van der Waals surface area contributed by atoms with Crippen LogP contribution in [0, 0.1) is 18.6 Å². The van der Waals surface area contributed by atoms with Crippen LogP contribution in [0.15, 0.2) is 41.3 Å².